The number of anilines is 2. The minimum atomic E-state index is -0.538. The van der Waals surface area contributed by atoms with E-state index in [9.17, 15) is 14.4 Å². The van der Waals surface area contributed by atoms with Crippen molar-refractivity contribution in [3.05, 3.63) is 70.6 Å². The number of hydrogen-bond donors (Lipinski definition) is 1. The number of carbonyl (C=O) groups excluding carboxylic acids is 2. The molecule has 138 valence electrons. The Morgan fingerprint density at radius 3 is 2.52 bits per heavy atom. The summed E-state index contributed by atoms with van der Waals surface area (Å²) >= 11 is 0. The van der Waals surface area contributed by atoms with Crippen molar-refractivity contribution >= 4 is 34.3 Å². The first-order valence-electron chi connectivity index (χ1n) is 8.34. The topological polar surface area (TPSA) is 88.9 Å². The van der Waals surface area contributed by atoms with Crippen molar-refractivity contribution in [3.8, 4) is 0 Å². The van der Waals surface area contributed by atoms with Gasteiger partial charge in [-0.3, -0.25) is 14.5 Å². The van der Waals surface area contributed by atoms with Gasteiger partial charge in [-0.15, -0.1) is 0 Å². The predicted molar refractivity (Wildman–Crippen MR) is 102 cm³/mol. The van der Waals surface area contributed by atoms with Crippen molar-refractivity contribution in [2.75, 3.05) is 23.9 Å². The molecular formula is C20H18N2O5. The number of nitrogens with one attached hydrogen (secondary N) is 1. The van der Waals surface area contributed by atoms with E-state index in [2.05, 4.69) is 5.32 Å². The molecule has 7 heteroatoms. The van der Waals surface area contributed by atoms with Crippen molar-refractivity contribution in [3.63, 3.8) is 0 Å². The van der Waals surface area contributed by atoms with E-state index in [1.807, 2.05) is 0 Å². The number of fused-ring (bicyclic) bond motifs is 1. The van der Waals surface area contributed by atoms with Crippen LogP contribution in [0.3, 0.4) is 0 Å². The molecular weight excluding hydrogens is 348 g/mol. The van der Waals surface area contributed by atoms with Crippen LogP contribution in [0, 0.1) is 0 Å². The average Bonchev–Trinajstić information content (AvgIpc) is 2.68. The van der Waals surface area contributed by atoms with Crippen LogP contribution < -0.4 is 15.6 Å². The zero-order valence-corrected chi connectivity index (χ0v) is 14.9. The molecule has 2 aromatic carbocycles. The van der Waals surface area contributed by atoms with E-state index in [4.69, 9.17) is 9.15 Å². The molecule has 7 nitrogen and oxygen atoms in total. The second kappa shape index (κ2) is 7.74. The number of carbonyl (C=O) groups is 2. The molecule has 27 heavy (non-hydrogen) atoms. The van der Waals surface area contributed by atoms with Crippen LogP contribution in [-0.2, 0) is 4.74 Å². The summed E-state index contributed by atoms with van der Waals surface area (Å²) in [6.45, 7) is 2.02. The largest absolute Gasteiger partial charge is 0.451 e. The maximum absolute atomic E-state index is 12.4. The Balaban J connectivity index is 1.76. The molecule has 2 amide bonds. The number of ether oxygens (including phenoxy) is 1. The number of para-hydroxylation sites is 1. The zero-order valence-electron chi connectivity index (χ0n) is 14.9. The average molecular weight is 366 g/mol. The van der Waals surface area contributed by atoms with E-state index in [1.165, 1.54) is 11.0 Å². The maximum atomic E-state index is 12.4. The van der Waals surface area contributed by atoms with Gasteiger partial charge in [0.1, 0.15) is 5.58 Å². The van der Waals surface area contributed by atoms with E-state index in [0.717, 1.165) is 0 Å². The SMILES string of the molecule is CCOC(=O)N(C)c1ccc(NC(=O)c2cc(=O)c3ccccc3o2)cc1. The number of hydrogen-bond acceptors (Lipinski definition) is 5. The van der Waals surface area contributed by atoms with E-state index >= 15 is 0 Å². The fraction of sp³-hybridized carbons (Fsp3) is 0.150. The summed E-state index contributed by atoms with van der Waals surface area (Å²) in [4.78, 5) is 37.6. The highest BCUT2D eigenvalue weighted by molar-refractivity contribution is 6.03. The number of nitrogens with zero attached hydrogens (tertiary/aromatic N) is 1. The smallest absolute Gasteiger partial charge is 0.413 e. The molecule has 3 rings (SSSR count). The first-order chi connectivity index (χ1) is 13.0. The summed E-state index contributed by atoms with van der Waals surface area (Å²) in [6, 6.07) is 14.5. The molecule has 0 unspecified atom stereocenters. The number of rotatable bonds is 4. The van der Waals surface area contributed by atoms with Crippen molar-refractivity contribution in [2.45, 2.75) is 6.92 Å². The molecule has 1 heterocycles. The fourth-order valence-electron chi connectivity index (χ4n) is 2.50. The van der Waals surface area contributed by atoms with Crippen LogP contribution in [0.2, 0.25) is 0 Å². The van der Waals surface area contributed by atoms with E-state index < -0.39 is 12.0 Å². The highest BCUT2D eigenvalue weighted by atomic mass is 16.6. The molecule has 0 bridgehead atoms. The Morgan fingerprint density at radius 1 is 1.11 bits per heavy atom. The van der Waals surface area contributed by atoms with Gasteiger partial charge in [0.2, 0.25) is 0 Å². The van der Waals surface area contributed by atoms with Crippen LogP contribution in [0.25, 0.3) is 11.0 Å². The van der Waals surface area contributed by atoms with Crippen molar-refractivity contribution in [2.24, 2.45) is 0 Å². The molecule has 0 aliphatic heterocycles. The standard InChI is InChI=1S/C20H18N2O5/c1-3-26-20(25)22(2)14-10-8-13(9-11-14)21-19(24)18-12-16(23)15-6-4-5-7-17(15)27-18/h4-12H,3H2,1-2H3,(H,21,24). The highest BCUT2D eigenvalue weighted by Crippen LogP contribution is 2.19. The Bertz CT molecular complexity index is 1040. The predicted octanol–water partition coefficient (Wildman–Crippen LogP) is 3.64. The lowest BCUT2D eigenvalue weighted by Crippen LogP contribution is -2.26. The third kappa shape index (κ3) is 3.98. The summed E-state index contributed by atoms with van der Waals surface area (Å²) in [5.41, 5.74) is 1.18. The first kappa shape index (κ1) is 18.2. The van der Waals surface area contributed by atoms with Gasteiger partial charge in [0.15, 0.2) is 11.2 Å². The van der Waals surface area contributed by atoms with Crippen LogP contribution in [0.1, 0.15) is 17.5 Å². The lowest BCUT2D eigenvalue weighted by molar-refractivity contribution is 0.0997. The van der Waals surface area contributed by atoms with Crippen LogP contribution in [0.5, 0.6) is 0 Å². The minimum Gasteiger partial charge on any atom is -0.451 e. The Labute approximate surface area is 155 Å². The summed E-state index contributed by atoms with van der Waals surface area (Å²) in [5.74, 6) is -0.615. The lowest BCUT2D eigenvalue weighted by Gasteiger charge is -2.16. The molecule has 1 N–H and O–H groups in total. The molecule has 0 saturated carbocycles. The van der Waals surface area contributed by atoms with Gasteiger partial charge in [-0.2, -0.15) is 0 Å². The molecule has 3 aromatic rings. The van der Waals surface area contributed by atoms with E-state index in [-0.39, 0.29) is 17.8 Å². The molecule has 1 aromatic heterocycles. The van der Waals surface area contributed by atoms with Gasteiger partial charge in [0, 0.05) is 24.5 Å². The molecule has 0 saturated heterocycles. The lowest BCUT2D eigenvalue weighted by atomic mass is 10.2. The summed E-state index contributed by atoms with van der Waals surface area (Å²) < 4.78 is 10.4. The number of amides is 2. The molecule has 0 aliphatic rings. The quantitative estimate of drug-likeness (QED) is 0.761. The van der Waals surface area contributed by atoms with Crippen molar-refractivity contribution in [1.29, 1.82) is 0 Å². The third-order valence-electron chi connectivity index (χ3n) is 3.91. The van der Waals surface area contributed by atoms with Crippen LogP contribution in [-0.4, -0.2) is 25.7 Å². The van der Waals surface area contributed by atoms with Gasteiger partial charge in [-0.05, 0) is 43.3 Å². The third-order valence-corrected chi connectivity index (χ3v) is 3.91. The second-order valence-corrected chi connectivity index (χ2v) is 5.73. The van der Waals surface area contributed by atoms with Gasteiger partial charge < -0.3 is 14.5 Å². The van der Waals surface area contributed by atoms with Crippen molar-refractivity contribution < 1.29 is 18.7 Å². The number of benzene rings is 2. The Morgan fingerprint density at radius 2 is 1.81 bits per heavy atom. The summed E-state index contributed by atoms with van der Waals surface area (Å²) in [5, 5.41) is 3.08. The fourth-order valence-corrected chi connectivity index (χ4v) is 2.50. The van der Waals surface area contributed by atoms with E-state index in [0.29, 0.717) is 22.3 Å². The van der Waals surface area contributed by atoms with Crippen LogP contribution in [0.15, 0.2) is 63.8 Å². The van der Waals surface area contributed by atoms with Gasteiger partial charge in [-0.1, -0.05) is 12.1 Å². The molecule has 0 spiro atoms. The van der Waals surface area contributed by atoms with E-state index in [1.54, 1.807) is 62.5 Å². The van der Waals surface area contributed by atoms with Crippen LogP contribution in [0.4, 0.5) is 16.2 Å². The van der Waals surface area contributed by atoms with Crippen LogP contribution >= 0.6 is 0 Å². The summed E-state index contributed by atoms with van der Waals surface area (Å²) in [6.07, 6.45) is -0.466. The molecule has 0 fully saturated rings. The van der Waals surface area contributed by atoms with Gasteiger partial charge >= 0.3 is 6.09 Å². The molecule has 0 aliphatic carbocycles. The second-order valence-electron chi connectivity index (χ2n) is 5.73. The highest BCUT2D eigenvalue weighted by Gasteiger charge is 2.14. The Kier molecular flexibility index (Phi) is 5.21. The minimum absolute atomic E-state index is 0.0774. The van der Waals surface area contributed by atoms with Gasteiger partial charge in [0.05, 0.1) is 12.0 Å². The first-order valence-corrected chi connectivity index (χ1v) is 8.34. The monoisotopic (exact) mass is 366 g/mol. The normalized spacial score (nSPS) is 10.4. The van der Waals surface area contributed by atoms with Gasteiger partial charge in [-0.25, -0.2) is 4.79 Å². The molecule has 0 atom stereocenters. The maximum Gasteiger partial charge on any atom is 0.413 e. The summed E-state index contributed by atoms with van der Waals surface area (Å²) in [7, 11) is 1.59. The zero-order chi connectivity index (χ0) is 19.4. The van der Waals surface area contributed by atoms with Crippen molar-refractivity contribution in [1.82, 2.24) is 0 Å². The van der Waals surface area contributed by atoms with Gasteiger partial charge in [0.25, 0.3) is 5.91 Å². The molecule has 0 radical (unpaired) electrons. The Hall–Kier alpha value is -3.61.